The van der Waals surface area contributed by atoms with Crippen LogP contribution in [0, 0.1) is 6.92 Å². The van der Waals surface area contributed by atoms with Crippen molar-refractivity contribution in [1.82, 2.24) is 15.1 Å². The predicted molar refractivity (Wildman–Crippen MR) is 74.9 cm³/mol. The van der Waals surface area contributed by atoms with Gasteiger partial charge < -0.3 is 5.32 Å². The lowest BCUT2D eigenvalue weighted by molar-refractivity contribution is 0.659. The zero-order valence-corrected chi connectivity index (χ0v) is 11.5. The Morgan fingerprint density at radius 1 is 1.39 bits per heavy atom. The molecule has 0 bridgehead atoms. The van der Waals surface area contributed by atoms with Gasteiger partial charge in [0.15, 0.2) is 0 Å². The highest BCUT2D eigenvalue weighted by Gasteiger charge is 2.06. The number of hydrogen-bond donors (Lipinski definition) is 1. The first-order valence-corrected chi connectivity index (χ1v) is 6.55. The number of hydrogen-bond acceptors (Lipinski definition) is 2. The first-order valence-electron chi connectivity index (χ1n) is 6.17. The summed E-state index contributed by atoms with van der Waals surface area (Å²) < 4.78 is 2.01. The van der Waals surface area contributed by atoms with Gasteiger partial charge in [-0.05, 0) is 31.2 Å². The van der Waals surface area contributed by atoms with Gasteiger partial charge in [0.2, 0.25) is 0 Å². The smallest absolute Gasteiger partial charge is 0.0663 e. The van der Waals surface area contributed by atoms with Gasteiger partial charge in [-0.15, -0.1) is 0 Å². The Bertz CT molecular complexity index is 520. The van der Waals surface area contributed by atoms with E-state index in [1.54, 1.807) is 0 Å². The number of halogens is 1. The predicted octanol–water partition coefficient (Wildman–Crippen LogP) is 3.00. The van der Waals surface area contributed by atoms with Gasteiger partial charge in [0.05, 0.1) is 12.7 Å². The first kappa shape index (κ1) is 13.1. The third-order valence-corrected chi connectivity index (χ3v) is 3.23. The van der Waals surface area contributed by atoms with Crippen molar-refractivity contribution in [3.8, 4) is 0 Å². The van der Waals surface area contributed by atoms with Crippen molar-refractivity contribution in [3.05, 3.63) is 52.3 Å². The molecule has 0 aliphatic carbocycles. The molecule has 0 aliphatic heterocycles. The van der Waals surface area contributed by atoms with Gasteiger partial charge in [0, 0.05) is 22.8 Å². The topological polar surface area (TPSA) is 29.9 Å². The molecule has 1 heterocycles. The fourth-order valence-electron chi connectivity index (χ4n) is 1.89. The van der Waals surface area contributed by atoms with Gasteiger partial charge in [-0.3, -0.25) is 4.68 Å². The van der Waals surface area contributed by atoms with Crippen LogP contribution in [-0.4, -0.2) is 16.3 Å². The third kappa shape index (κ3) is 3.12. The van der Waals surface area contributed by atoms with Crippen LogP contribution in [0.25, 0.3) is 0 Å². The molecule has 0 radical (unpaired) electrons. The van der Waals surface area contributed by atoms with Gasteiger partial charge in [-0.2, -0.15) is 5.10 Å². The highest BCUT2D eigenvalue weighted by molar-refractivity contribution is 6.30. The Kier molecular flexibility index (Phi) is 4.39. The monoisotopic (exact) mass is 263 g/mol. The Hall–Kier alpha value is -1.32. The summed E-state index contributed by atoms with van der Waals surface area (Å²) in [4.78, 5) is 0. The molecule has 0 amide bonds. The first-order chi connectivity index (χ1) is 8.70. The lowest BCUT2D eigenvalue weighted by Gasteiger charge is -2.06. The molecule has 1 aromatic carbocycles. The van der Waals surface area contributed by atoms with Crippen LogP contribution in [0.4, 0.5) is 0 Å². The number of benzene rings is 1. The van der Waals surface area contributed by atoms with Crippen molar-refractivity contribution in [2.24, 2.45) is 0 Å². The Labute approximate surface area is 113 Å². The normalized spacial score (nSPS) is 10.8. The molecular formula is C14H18ClN3. The Morgan fingerprint density at radius 2 is 2.22 bits per heavy atom. The summed E-state index contributed by atoms with van der Waals surface area (Å²) in [5.74, 6) is 0. The van der Waals surface area contributed by atoms with E-state index in [2.05, 4.69) is 30.3 Å². The molecule has 2 rings (SSSR count). The highest BCUT2D eigenvalue weighted by atomic mass is 35.5. The SMILES string of the molecule is CCNCc1cnn(Cc2cccc(Cl)c2)c1C. The van der Waals surface area contributed by atoms with Crippen molar-refractivity contribution in [3.63, 3.8) is 0 Å². The number of nitrogens with zero attached hydrogens (tertiary/aromatic N) is 2. The summed E-state index contributed by atoms with van der Waals surface area (Å²) in [5, 5.41) is 8.51. The molecule has 96 valence electrons. The molecule has 0 spiro atoms. The van der Waals surface area contributed by atoms with Crippen molar-refractivity contribution >= 4 is 11.6 Å². The molecule has 0 aliphatic rings. The average Bonchev–Trinajstić information content (AvgIpc) is 2.69. The lowest BCUT2D eigenvalue weighted by atomic mass is 10.2. The van der Waals surface area contributed by atoms with Gasteiger partial charge in [-0.1, -0.05) is 30.7 Å². The standard InChI is InChI=1S/C14H18ClN3/c1-3-16-8-13-9-17-18(11(13)2)10-12-5-4-6-14(15)7-12/h4-7,9,16H,3,8,10H2,1-2H3. The summed E-state index contributed by atoms with van der Waals surface area (Å²) in [6.07, 6.45) is 1.93. The lowest BCUT2D eigenvalue weighted by Crippen LogP contribution is -2.12. The van der Waals surface area contributed by atoms with Gasteiger partial charge >= 0.3 is 0 Å². The minimum atomic E-state index is 0.762. The van der Waals surface area contributed by atoms with Gasteiger partial charge in [0.1, 0.15) is 0 Å². The van der Waals surface area contributed by atoms with Crippen molar-refractivity contribution in [1.29, 1.82) is 0 Å². The van der Waals surface area contributed by atoms with Crippen molar-refractivity contribution < 1.29 is 0 Å². The van der Waals surface area contributed by atoms with E-state index < -0.39 is 0 Å². The fourth-order valence-corrected chi connectivity index (χ4v) is 2.10. The molecule has 3 nitrogen and oxygen atoms in total. The number of rotatable bonds is 5. The molecule has 0 saturated carbocycles. The van der Waals surface area contributed by atoms with E-state index in [9.17, 15) is 0 Å². The zero-order chi connectivity index (χ0) is 13.0. The maximum absolute atomic E-state index is 5.98. The van der Waals surface area contributed by atoms with Crippen LogP contribution in [0.5, 0.6) is 0 Å². The van der Waals surface area contributed by atoms with E-state index in [4.69, 9.17) is 11.6 Å². The quantitative estimate of drug-likeness (QED) is 0.899. The molecule has 0 unspecified atom stereocenters. The van der Waals surface area contributed by atoms with Crippen LogP contribution in [-0.2, 0) is 13.1 Å². The summed E-state index contributed by atoms with van der Waals surface area (Å²) in [6, 6.07) is 7.90. The van der Waals surface area contributed by atoms with E-state index in [1.165, 1.54) is 16.8 Å². The molecule has 0 saturated heterocycles. The van der Waals surface area contributed by atoms with E-state index in [-0.39, 0.29) is 0 Å². The fraction of sp³-hybridized carbons (Fsp3) is 0.357. The van der Waals surface area contributed by atoms with E-state index in [1.807, 2.05) is 29.1 Å². The molecule has 2 aromatic rings. The minimum absolute atomic E-state index is 0.762. The van der Waals surface area contributed by atoms with Crippen LogP contribution in [0.3, 0.4) is 0 Å². The molecule has 0 atom stereocenters. The maximum Gasteiger partial charge on any atom is 0.0663 e. The molecule has 4 heteroatoms. The van der Waals surface area contributed by atoms with Crippen LogP contribution in [0.2, 0.25) is 5.02 Å². The molecule has 1 aromatic heterocycles. The van der Waals surface area contributed by atoms with Gasteiger partial charge in [-0.25, -0.2) is 0 Å². The second-order valence-corrected chi connectivity index (χ2v) is 4.76. The summed E-state index contributed by atoms with van der Waals surface area (Å²) in [6.45, 7) is 6.81. The van der Waals surface area contributed by atoms with Crippen LogP contribution >= 0.6 is 11.6 Å². The average molecular weight is 264 g/mol. The summed E-state index contributed by atoms with van der Waals surface area (Å²) in [7, 11) is 0. The highest BCUT2D eigenvalue weighted by Crippen LogP contribution is 2.14. The van der Waals surface area contributed by atoms with Crippen molar-refractivity contribution in [2.75, 3.05) is 6.54 Å². The van der Waals surface area contributed by atoms with E-state index in [0.717, 1.165) is 24.7 Å². The molecule has 18 heavy (non-hydrogen) atoms. The Balaban J connectivity index is 2.12. The van der Waals surface area contributed by atoms with Crippen LogP contribution in [0.1, 0.15) is 23.7 Å². The summed E-state index contributed by atoms with van der Waals surface area (Å²) in [5.41, 5.74) is 3.62. The van der Waals surface area contributed by atoms with E-state index in [0.29, 0.717) is 0 Å². The second-order valence-electron chi connectivity index (χ2n) is 4.32. The minimum Gasteiger partial charge on any atom is -0.313 e. The summed E-state index contributed by atoms with van der Waals surface area (Å²) >= 11 is 5.98. The van der Waals surface area contributed by atoms with Crippen LogP contribution < -0.4 is 5.32 Å². The second kappa shape index (κ2) is 6.03. The molecule has 0 fully saturated rings. The van der Waals surface area contributed by atoms with E-state index >= 15 is 0 Å². The number of nitrogens with one attached hydrogen (secondary N) is 1. The molecule has 1 N–H and O–H groups in total. The maximum atomic E-state index is 5.98. The molecular weight excluding hydrogens is 246 g/mol. The van der Waals surface area contributed by atoms with Gasteiger partial charge in [0.25, 0.3) is 0 Å². The third-order valence-electron chi connectivity index (χ3n) is 2.99. The zero-order valence-electron chi connectivity index (χ0n) is 10.8. The Morgan fingerprint density at radius 3 is 2.94 bits per heavy atom. The van der Waals surface area contributed by atoms with Crippen molar-refractivity contribution in [2.45, 2.75) is 26.9 Å². The largest absolute Gasteiger partial charge is 0.313 e. The number of aromatic nitrogens is 2. The van der Waals surface area contributed by atoms with Crippen LogP contribution in [0.15, 0.2) is 30.5 Å².